The summed E-state index contributed by atoms with van der Waals surface area (Å²) in [5.41, 5.74) is 2.51. The molecule has 130 valence electrons. The van der Waals surface area contributed by atoms with Gasteiger partial charge in [-0.05, 0) is 37.6 Å². The highest BCUT2D eigenvalue weighted by Crippen LogP contribution is 2.29. The van der Waals surface area contributed by atoms with Gasteiger partial charge in [-0.1, -0.05) is 35.6 Å². The minimum atomic E-state index is -0.935. The number of rotatable bonds is 3. The monoisotopic (exact) mass is 365 g/mol. The number of imide groups is 1. The maximum Gasteiger partial charge on any atom is 0.262 e. The Balaban J connectivity index is 1.57. The molecule has 0 spiro atoms. The molecule has 1 unspecified atom stereocenters. The van der Waals surface area contributed by atoms with Crippen molar-refractivity contribution < 1.29 is 14.4 Å². The first-order chi connectivity index (χ1) is 12.5. The predicted octanol–water partition coefficient (Wildman–Crippen LogP) is 3.23. The molecule has 1 aromatic heterocycles. The van der Waals surface area contributed by atoms with E-state index < -0.39 is 23.8 Å². The summed E-state index contributed by atoms with van der Waals surface area (Å²) in [5.74, 6) is -1.35. The third-order valence-electron chi connectivity index (χ3n) is 4.44. The summed E-state index contributed by atoms with van der Waals surface area (Å²) in [6.45, 7) is 3.49. The van der Waals surface area contributed by atoms with Crippen molar-refractivity contribution in [1.82, 2.24) is 9.88 Å². The van der Waals surface area contributed by atoms with Crippen LogP contribution in [0.15, 0.2) is 42.5 Å². The number of hydrogen-bond donors (Lipinski definition) is 1. The van der Waals surface area contributed by atoms with Crippen molar-refractivity contribution in [3.63, 3.8) is 0 Å². The molecular formula is C19H15N3O3S. The maximum absolute atomic E-state index is 12.6. The van der Waals surface area contributed by atoms with Crippen molar-refractivity contribution in [2.75, 3.05) is 5.32 Å². The van der Waals surface area contributed by atoms with Gasteiger partial charge in [-0.15, -0.1) is 0 Å². The number of aryl methyl sites for hydroxylation is 1. The van der Waals surface area contributed by atoms with Crippen LogP contribution in [-0.4, -0.2) is 33.6 Å². The third-order valence-corrected chi connectivity index (χ3v) is 5.38. The minimum Gasteiger partial charge on any atom is -0.300 e. The van der Waals surface area contributed by atoms with Crippen molar-refractivity contribution >= 4 is 44.4 Å². The number of carbonyl (C=O) groups excluding carboxylic acids is 3. The van der Waals surface area contributed by atoms with Gasteiger partial charge in [-0.2, -0.15) is 0 Å². The number of amides is 3. The lowest BCUT2D eigenvalue weighted by Gasteiger charge is -2.21. The molecule has 26 heavy (non-hydrogen) atoms. The van der Waals surface area contributed by atoms with Crippen molar-refractivity contribution in [3.8, 4) is 0 Å². The molecule has 2 aromatic carbocycles. The number of nitrogens with zero attached hydrogens (tertiary/aromatic N) is 2. The largest absolute Gasteiger partial charge is 0.300 e. The van der Waals surface area contributed by atoms with Crippen LogP contribution in [0.4, 0.5) is 5.13 Å². The molecule has 0 saturated heterocycles. The van der Waals surface area contributed by atoms with Gasteiger partial charge in [-0.3, -0.25) is 19.3 Å². The van der Waals surface area contributed by atoms with Crippen LogP contribution in [0.2, 0.25) is 0 Å². The number of carbonyl (C=O) groups is 3. The maximum atomic E-state index is 12.6. The molecule has 1 aliphatic heterocycles. The predicted molar refractivity (Wildman–Crippen MR) is 99.4 cm³/mol. The number of nitrogens with one attached hydrogen (secondary N) is 1. The van der Waals surface area contributed by atoms with Crippen LogP contribution < -0.4 is 5.32 Å². The summed E-state index contributed by atoms with van der Waals surface area (Å²) in [6, 6.07) is 11.5. The lowest BCUT2D eigenvalue weighted by molar-refractivity contribution is -0.119. The smallest absolute Gasteiger partial charge is 0.262 e. The SMILES string of the molecule is Cc1cccc2sc(NC(=O)C(C)N3C(=O)c4ccccc4C3=O)nc12. The van der Waals surface area contributed by atoms with E-state index in [1.807, 2.05) is 25.1 Å². The molecule has 2 heterocycles. The van der Waals surface area contributed by atoms with E-state index in [-0.39, 0.29) is 0 Å². The summed E-state index contributed by atoms with van der Waals surface area (Å²) in [7, 11) is 0. The number of para-hydroxylation sites is 1. The van der Waals surface area contributed by atoms with Gasteiger partial charge in [0.05, 0.1) is 21.3 Å². The van der Waals surface area contributed by atoms with Crippen LogP contribution in [0.3, 0.4) is 0 Å². The van der Waals surface area contributed by atoms with E-state index in [0.717, 1.165) is 20.7 Å². The van der Waals surface area contributed by atoms with Gasteiger partial charge in [0.2, 0.25) is 5.91 Å². The molecule has 1 N–H and O–H groups in total. The molecule has 0 bridgehead atoms. The standard InChI is InChI=1S/C19H15N3O3S/c1-10-6-5-9-14-15(10)20-19(26-14)21-16(23)11(2)22-17(24)12-7-3-4-8-13(12)18(22)25/h3-9,11H,1-2H3,(H,20,21,23). The molecule has 0 radical (unpaired) electrons. The van der Waals surface area contributed by atoms with Gasteiger partial charge in [0.25, 0.3) is 11.8 Å². The summed E-state index contributed by atoms with van der Waals surface area (Å²) < 4.78 is 0.966. The Morgan fingerprint density at radius 3 is 2.35 bits per heavy atom. The van der Waals surface area contributed by atoms with Crippen molar-refractivity contribution in [1.29, 1.82) is 0 Å². The first-order valence-electron chi connectivity index (χ1n) is 8.11. The summed E-state index contributed by atoms with van der Waals surface area (Å²) in [4.78, 5) is 43.1. The van der Waals surface area contributed by atoms with E-state index in [1.165, 1.54) is 18.3 Å². The van der Waals surface area contributed by atoms with E-state index in [0.29, 0.717) is 16.3 Å². The van der Waals surface area contributed by atoms with Crippen molar-refractivity contribution in [2.24, 2.45) is 0 Å². The van der Waals surface area contributed by atoms with Crippen LogP contribution in [0.25, 0.3) is 10.2 Å². The van der Waals surface area contributed by atoms with Crippen LogP contribution in [0.1, 0.15) is 33.2 Å². The Labute approximate surface area is 153 Å². The first-order valence-corrected chi connectivity index (χ1v) is 8.93. The zero-order chi connectivity index (χ0) is 18.4. The number of aromatic nitrogens is 1. The van der Waals surface area contributed by atoms with Crippen LogP contribution in [0.5, 0.6) is 0 Å². The average molecular weight is 365 g/mol. The number of benzene rings is 2. The number of hydrogen-bond acceptors (Lipinski definition) is 5. The van der Waals surface area contributed by atoms with Crippen LogP contribution in [-0.2, 0) is 4.79 Å². The highest BCUT2D eigenvalue weighted by atomic mass is 32.1. The van der Waals surface area contributed by atoms with E-state index >= 15 is 0 Å². The Kier molecular flexibility index (Phi) is 3.81. The second-order valence-electron chi connectivity index (χ2n) is 6.13. The summed E-state index contributed by atoms with van der Waals surface area (Å²) in [5, 5.41) is 3.17. The van der Waals surface area contributed by atoms with Gasteiger partial charge >= 0.3 is 0 Å². The molecule has 7 heteroatoms. The molecular weight excluding hydrogens is 350 g/mol. The Hall–Kier alpha value is -3.06. The molecule has 4 rings (SSSR count). The fourth-order valence-electron chi connectivity index (χ4n) is 3.03. The van der Waals surface area contributed by atoms with E-state index in [2.05, 4.69) is 10.3 Å². The van der Waals surface area contributed by atoms with Crippen LogP contribution in [0, 0.1) is 6.92 Å². The van der Waals surface area contributed by atoms with Gasteiger partial charge in [-0.25, -0.2) is 4.98 Å². The summed E-state index contributed by atoms with van der Waals surface area (Å²) in [6.07, 6.45) is 0. The van der Waals surface area contributed by atoms with Crippen molar-refractivity contribution in [2.45, 2.75) is 19.9 Å². The number of fused-ring (bicyclic) bond motifs is 2. The van der Waals surface area contributed by atoms with Gasteiger partial charge in [0.15, 0.2) is 5.13 Å². The zero-order valence-corrected chi connectivity index (χ0v) is 15.0. The van der Waals surface area contributed by atoms with Gasteiger partial charge in [0.1, 0.15) is 6.04 Å². The molecule has 0 aliphatic carbocycles. The Morgan fingerprint density at radius 2 is 1.73 bits per heavy atom. The highest BCUT2D eigenvalue weighted by Gasteiger charge is 2.40. The van der Waals surface area contributed by atoms with E-state index in [4.69, 9.17) is 0 Å². The molecule has 3 aromatic rings. The summed E-state index contributed by atoms with van der Waals surface area (Å²) >= 11 is 1.36. The van der Waals surface area contributed by atoms with E-state index in [1.54, 1.807) is 24.3 Å². The Morgan fingerprint density at radius 1 is 1.08 bits per heavy atom. The Bertz CT molecular complexity index is 1040. The topological polar surface area (TPSA) is 79.4 Å². The fraction of sp³-hybridized carbons (Fsp3) is 0.158. The van der Waals surface area contributed by atoms with Gasteiger partial charge < -0.3 is 5.32 Å². The molecule has 1 atom stereocenters. The van der Waals surface area contributed by atoms with E-state index in [9.17, 15) is 14.4 Å². The fourth-order valence-corrected chi connectivity index (χ4v) is 3.97. The molecule has 1 aliphatic rings. The number of thiazole rings is 1. The highest BCUT2D eigenvalue weighted by molar-refractivity contribution is 7.22. The molecule has 0 saturated carbocycles. The lowest BCUT2D eigenvalue weighted by atomic mass is 10.1. The molecule has 0 fully saturated rings. The second-order valence-corrected chi connectivity index (χ2v) is 7.16. The molecule has 3 amide bonds. The number of anilines is 1. The normalized spacial score (nSPS) is 14.6. The zero-order valence-electron chi connectivity index (χ0n) is 14.1. The van der Waals surface area contributed by atoms with Crippen molar-refractivity contribution in [3.05, 3.63) is 59.2 Å². The van der Waals surface area contributed by atoms with Crippen LogP contribution >= 0.6 is 11.3 Å². The molecule has 6 nitrogen and oxygen atoms in total. The minimum absolute atomic E-state index is 0.327. The lowest BCUT2D eigenvalue weighted by Crippen LogP contribution is -2.45. The average Bonchev–Trinajstić information content (AvgIpc) is 3.15. The second kappa shape index (κ2) is 6.03. The third kappa shape index (κ3) is 2.48. The van der Waals surface area contributed by atoms with Gasteiger partial charge in [0, 0.05) is 0 Å². The quantitative estimate of drug-likeness (QED) is 0.723. The first kappa shape index (κ1) is 16.4.